The van der Waals surface area contributed by atoms with E-state index in [1.54, 1.807) is 0 Å². The topological polar surface area (TPSA) is 83.6 Å². The van der Waals surface area contributed by atoms with Crippen LogP contribution in [0.5, 0.6) is 0 Å². The van der Waals surface area contributed by atoms with Crippen LogP contribution in [0.15, 0.2) is 43.0 Å². The van der Waals surface area contributed by atoms with Crippen LogP contribution >= 0.6 is 7.60 Å². The second-order valence-electron chi connectivity index (χ2n) is 2.83. The minimum atomic E-state index is -3.87. The summed E-state index contributed by atoms with van der Waals surface area (Å²) in [6, 6.07) is 10.3. The van der Waals surface area contributed by atoms with E-state index in [-0.39, 0.29) is 0 Å². The van der Waals surface area contributed by atoms with Crippen molar-refractivity contribution in [1.29, 1.82) is 0 Å². The van der Waals surface area contributed by atoms with Gasteiger partial charge in [-0.15, -0.1) is 6.58 Å². The number of nitrogens with two attached hydrogens (primary N) is 1. The van der Waals surface area contributed by atoms with Gasteiger partial charge in [0.15, 0.2) is 0 Å². The zero-order valence-electron chi connectivity index (χ0n) is 8.41. The van der Waals surface area contributed by atoms with E-state index in [4.69, 9.17) is 9.79 Å². The lowest BCUT2D eigenvalue weighted by atomic mass is 10.2. The molecule has 4 N–H and O–H groups in total. The van der Waals surface area contributed by atoms with Crippen LogP contribution in [-0.2, 0) is 11.0 Å². The van der Waals surface area contributed by atoms with Crippen LogP contribution in [-0.4, -0.2) is 16.1 Å². The van der Waals surface area contributed by atoms with Crippen LogP contribution in [0.2, 0.25) is 0 Å². The summed E-state index contributed by atoms with van der Waals surface area (Å²) in [7, 11) is -3.87. The fraction of sp³-hybridized carbons (Fsp3) is 0.200. The van der Waals surface area contributed by atoms with Crippen LogP contribution in [0, 0.1) is 0 Å². The molecule has 0 saturated heterocycles. The zero-order valence-corrected chi connectivity index (χ0v) is 9.31. The van der Waals surface area contributed by atoms with Crippen molar-refractivity contribution >= 4 is 7.60 Å². The molecule has 0 aliphatic heterocycles. The molecule has 0 radical (unpaired) electrons. The molecule has 0 aliphatic rings. The molecule has 84 valence electrons. The molecule has 15 heavy (non-hydrogen) atoms. The molecule has 0 atom stereocenters. The van der Waals surface area contributed by atoms with Gasteiger partial charge in [0.1, 0.15) is 0 Å². The first-order valence-corrected chi connectivity index (χ1v) is 6.19. The van der Waals surface area contributed by atoms with Crippen LogP contribution in [0.25, 0.3) is 0 Å². The van der Waals surface area contributed by atoms with E-state index >= 15 is 0 Å². The summed E-state index contributed by atoms with van der Waals surface area (Å²) in [5.74, 6) is 0. The van der Waals surface area contributed by atoms with Gasteiger partial charge in [-0.1, -0.05) is 36.4 Å². The first-order chi connectivity index (χ1) is 6.99. The lowest BCUT2D eigenvalue weighted by Gasteiger charge is -1.92. The molecule has 1 aromatic carbocycles. The molecule has 0 saturated carbocycles. The van der Waals surface area contributed by atoms with Gasteiger partial charge in [-0.3, -0.25) is 4.57 Å². The van der Waals surface area contributed by atoms with Crippen molar-refractivity contribution in [3.8, 4) is 0 Å². The van der Waals surface area contributed by atoms with Crippen molar-refractivity contribution in [2.24, 2.45) is 5.73 Å². The first kappa shape index (κ1) is 14.1. The Morgan fingerprint density at radius 1 is 1.33 bits per heavy atom. The molecule has 1 aromatic rings. The summed E-state index contributed by atoms with van der Waals surface area (Å²) in [4.78, 5) is 15.6. The highest BCUT2D eigenvalue weighted by Crippen LogP contribution is 2.30. The number of benzene rings is 1. The quantitative estimate of drug-likeness (QED) is 0.541. The molecule has 0 fully saturated rings. The average molecular weight is 229 g/mol. The van der Waals surface area contributed by atoms with Gasteiger partial charge >= 0.3 is 7.60 Å². The van der Waals surface area contributed by atoms with Crippen molar-refractivity contribution in [3.63, 3.8) is 0 Å². The highest BCUT2D eigenvalue weighted by atomic mass is 31.2. The Kier molecular flexibility index (Phi) is 6.92. The van der Waals surface area contributed by atoms with Gasteiger partial charge in [-0.05, 0) is 12.0 Å². The van der Waals surface area contributed by atoms with Gasteiger partial charge in [-0.2, -0.15) is 0 Å². The van der Waals surface area contributed by atoms with Crippen LogP contribution < -0.4 is 5.73 Å². The van der Waals surface area contributed by atoms with Crippen molar-refractivity contribution < 1.29 is 14.4 Å². The molecular formula is C10H16NO3P. The summed E-state index contributed by atoms with van der Waals surface area (Å²) < 4.78 is 9.57. The third kappa shape index (κ3) is 9.38. The van der Waals surface area contributed by atoms with Crippen molar-refractivity contribution in [3.05, 3.63) is 48.6 Å². The summed E-state index contributed by atoms with van der Waals surface area (Å²) in [5, 5.41) is 0. The second-order valence-corrected chi connectivity index (χ2v) is 4.52. The maximum atomic E-state index is 9.57. The highest BCUT2D eigenvalue weighted by Gasteiger charge is 2.05. The molecule has 0 aromatic heterocycles. The Morgan fingerprint density at radius 2 is 1.80 bits per heavy atom. The average Bonchev–Trinajstić information content (AvgIpc) is 2.20. The number of hydrogen-bond acceptors (Lipinski definition) is 2. The predicted octanol–water partition coefficient (Wildman–Crippen LogP) is 1.50. The predicted molar refractivity (Wildman–Crippen MR) is 61.4 cm³/mol. The molecule has 0 amide bonds. The molecule has 0 heterocycles. The molecule has 0 bridgehead atoms. The standard InChI is InChI=1S/C9H10.CH6NO3P/c1-2-6-9-7-4-3-5-8-9;2-1-6(3,4)5/h2-5,7-8H,1,6H2;1-2H2,(H2,3,4,5). The largest absolute Gasteiger partial charge is 0.338 e. The summed E-state index contributed by atoms with van der Waals surface area (Å²) in [5.41, 5.74) is 5.87. The van der Waals surface area contributed by atoms with Crippen molar-refractivity contribution in [1.82, 2.24) is 0 Å². The first-order valence-electron chi connectivity index (χ1n) is 4.39. The van der Waals surface area contributed by atoms with Gasteiger partial charge < -0.3 is 15.5 Å². The van der Waals surface area contributed by atoms with Gasteiger partial charge in [0.05, 0.1) is 6.29 Å². The number of allylic oxidation sites excluding steroid dienone is 1. The minimum absolute atomic E-state index is 0.562. The Bertz CT molecular complexity index is 321. The molecule has 4 nitrogen and oxygen atoms in total. The maximum absolute atomic E-state index is 9.57. The van der Waals surface area contributed by atoms with Gasteiger partial charge in [0.2, 0.25) is 0 Å². The zero-order chi connectivity index (χ0) is 11.7. The number of hydrogen-bond donors (Lipinski definition) is 3. The molecule has 0 unspecified atom stereocenters. The molecule has 0 spiro atoms. The smallest absolute Gasteiger partial charge is 0.324 e. The fourth-order valence-corrected chi connectivity index (χ4v) is 0.781. The third-order valence-corrected chi connectivity index (χ3v) is 1.94. The SMILES string of the molecule is C=CCc1ccccc1.NCP(=O)(O)O. The fourth-order valence-electron chi connectivity index (χ4n) is 0.781. The summed E-state index contributed by atoms with van der Waals surface area (Å²) >= 11 is 0. The second kappa shape index (κ2) is 7.37. The van der Waals surface area contributed by atoms with E-state index in [0.29, 0.717) is 0 Å². The van der Waals surface area contributed by atoms with E-state index in [1.165, 1.54) is 5.56 Å². The summed E-state index contributed by atoms with van der Waals surface area (Å²) in [6.45, 7) is 3.66. The van der Waals surface area contributed by atoms with Crippen molar-refractivity contribution in [2.75, 3.05) is 6.29 Å². The Labute approximate surface area is 89.6 Å². The van der Waals surface area contributed by atoms with E-state index in [0.717, 1.165) is 6.42 Å². The normalized spacial score (nSPS) is 10.1. The van der Waals surface area contributed by atoms with E-state index in [1.807, 2.05) is 24.3 Å². The maximum Gasteiger partial charge on any atom is 0.338 e. The molecule has 0 aliphatic carbocycles. The number of rotatable bonds is 3. The Morgan fingerprint density at radius 3 is 2.13 bits per heavy atom. The van der Waals surface area contributed by atoms with Gasteiger partial charge in [-0.25, -0.2) is 0 Å². The highest BCUT2D eigenvalue weighted by molar-refractivity contribution is 7.51. The monoisotopic (exact) mass is 229 g/mol. The van der Waals surface area contributed by atoms with Crippen LogP contribution in [0.3, 0.4) is 0 Å². The lowest BCUT2D eigenvalue weighted by molar-refractivity contribution is 0.374. The van der Waals surface area contributed by atoms with E-state index in [2.05, 4.69) is 24.4 Å². The third-order valence-electron chi connectivity index (χ3n) is 1.46. The lowest BCUT2D eigenvalue weighted by Crippen LogP contribution is -1.97. The summed E-state index contributed by atoms with van der Waals surface area (Å²) in [6.07, 6.45) is 2.32. The van der Waals surface area contributed by atoms with Gasteiger partial charge in [0, 0.05) is 0 Å². The Hall–Kier alpha value is -0.930. The van der Waals surface area contributed by atoms with Crippen LogP contribution in [0.1, 0.15) is 5.56 Å². The Balaban J connectivity index is 0.000000288. The molecule has 5 heteroatoms. The van der Waals surface area contributed by atoms with E-state index < -0.39 is 13.9 Å². The van der Waals surface area contributed by atoms with E-state index in [9.17, 15) is 4.57 Å². The van der Waals surface area contributed by atoms with Crippen molar-refractivity contribution in [2.45, 2.75) is 6.42 Å². The molecule has 1 rings (SSSR count). The van der Waals surface area contributed by atoms with Gasteiger partial charge in [0.25, 0.3) is 0 Å². The van der Waals surface area contributed by atoms with Crippen LogP contribution in [0.4, 0.5) is 0 Å². The minimum Gasteiger partial charge on any atom is -0.324 e. The molecular weight excluding hydrogens is 213 g/mol.